The molecular formula is C26H28N2O3S. The molecule has 5 nitrogen and oxygen atoms in total. The molecule has 0 fully saturated rings. The summed E-state index contributed by atoms with van der Waals surface area (Å²) in [4.78, 5) is 11.5. The van der Waals surface area contributed by atoms with E-state index in [1.165, 1.54) is 6.92 Å². The van der Waals surface area contributed by atoms with Crippen molar-refractivity contribution in [2.24, 2.45) is 0 Å². The van der Waals surface area contributed by atoms with Crippen molar-refractivity contribution in [3.05, 3.63) is 90.0 Å². The summed E-state index contributed by atoms with van der Waals surface area (Å²) < 4.78 is 29.3. The molecular weight excluding hydrogens is 420 g/mol. The van der Waals surface area contributed by atoms with E-state index in [1.54, 1.807) is 28.6 Å². The SMILES string of the molecule is CC(=O)Nc1ccc(S(=O)(=O)N2c3ccccc3C(C)(c3ccccc3)CC2(C)C)cc1. The van der Waals surface area contributed by atoms with Gasteiger partial charge in [0.15, 0.2) is 0 Å². The molecule has 166 valence electrons. The molecule has 0 saturated heterocycles. The first kappa shape index (κ1) is 22.1. The first-order valence-corrected chi connectivity index (χ1v) is 12.1. The summed E-state index contributed by atoms with van der Waals surface area (Å²) in [6.45, 7) is 7.57. The van der Waals surface area contributed by atoms with Crippen LogP contribution in [0.25, 0.3) is 0 Å². The van der Waals surface area contributed by atoms with Gasteiger partial charge in [-0.1, -0.05) is 55.5 Å². The Kier molecular flexibility index (Phi) is 5.37. The number of benzene rings is 3. The number of para-hydroxylation sites is 1. The van der Waals surface area contributed by atoms with E-state index in [9.17, 15) is 13.2 Å². The number of amides is 1. The molecule has 0 radical (unpaired) electrons. The van der Waals surface area contributed by atoms with Gasteiger partial charge in [-0.15, -0.1) is 0 Å². The number of carbonyl (C=O) groups excluding carboxylic acids is 1. The Morgan fingerprint density at radius 3 is 2.09 bits per heavy atom. The zero-order valence-corrected chi connectivity index (χ0v) is 19.6. The molecule has 0 bridgehead atoms. The van der Waals surface area contributed by atoms with Crippen LogP contribution in [-0.2, 0) is 20.2 Å². The van der Waals surface area contributed by atoms with Crippen molar-refractivity contribution in [2.75, 3.05) is 9.62 Å². The van der Waals surface area contributed by atoms with Gasteiger partial charge in [-0.2, -0.15) is 0 Å². The molecule has 0 aliphatic carbocycles. The topological polar surface area (TPSA) is 66.5 Å². The second kappa shape index (κ2) is 7.78. The number of nitrogens with one attached hydrogen (secondary N) is 1. The van der Waals surface area contributed by atoms with E-state index in [2.05, 4.69) is 24.4 Å². The Balaban J connectivity index is 1.85. The number of rotatable bonds is 4. The van der Waals surface area contributed by atoms with Crippen molar-refractivity contribution in [3.8, 4) is 0 Å². The van der Waals surface area contributed by atoms with E-state index in [4.69, 9.17) is 0 Å². The van der Waals surface area contributed by atoms with E-state index >= 15 is 0 Å². The highest BCUT2D eigenvalue weighted by molar-refractivity contribution is 7.93. The van der Waals surface area contributed by atoms with Crippen LogP contribution < -0.4 is 9.62 Å². The maximum atomic E-state index is 13.9. The molecule has 0 saturated carbocycles. The number of sulfonamides is 1. The number of carbonyl (C=O) groups is 1. The zero-order chi connectivity index (χ0) is 23.1. The molecule has 1 heterocycles. The maximum Gasteiger partial charge on any atom is 0.264 e. The number of nitrogens with zero attached hydrogens (tertiary/aromatic N) is 1. The molecule has 1 aliphatic rings. The van der Waals surface area contributed by atoms with Crippen molar-refractivity contribution < 1.29 is 13.2 Å². The van der Waals surface area contributed by atoms with Crippen LogP contribution in [0.4, 0.5) is 11.4 Å². The quantitative estimate of drug-likeness (QED) is 0.587. The predicted octanol–water partition coefficient (Wildman–Crippen LogP) is 5.33. The van der Waals surface area contributed by atoms with Crippen molar-refractivity contribution >= 4 is 27.3 Å². The van der Waals surface area contributed by atoms with Gasteiger partial charge in [0.25, 0.3) is 10.0 Å². The van der Waals surface area contributed by atoms with Crippen LogP contribution in [0.2, 0.25) is 0 Å². The minimum absolute atomic E-state index is 0.192. The van der Waals surface area contributed by atoms with Gasteiger partial charge in [0.1, 0.15) is 0 Å². The van der Waals surface area contributed by atoms with Gasteiger partial charge in [0.05, 0.1) is 16.1 Å². The van der Waals surface area contributed by atoms with Crippen LogP contribution >= 0.6 is 0 Å². The Morgan fingerprint density at radius 2 is 1.47 bits per heavy atom. The van der Waals surface area contributed by atoms with Gasteiger partial charge >= 0.3 is 0 Å². The molecule has 1 N–H and O–H groups in total. The summed E-state index contributed by atoms with van der Waals surface area (Å²) in [6, 6.07) is 24.3. The van der Waals surface area contributed by atoms with Gasteiger partial charge in [-0.05, 0) is 61.7 Å². The standard InChI is InChI=1S/C26H28N2O3S/c1-19(29)27-21-14-16-22(17-15-21)32(30,31)28-24-13-9-8-12-23(24)26(4,18-25(28,2)3)20-10-6-5-7-11-20/h5-17H,18H2,1-4H3,(H,27,29). The second-order valence-electron chi connectivity index (χ2n) is 9.18. The molecule has 1 aliphatic heterocycles. The predicted molar refractivity (Wildman–Crippen MR) is 128 cm³/mol. The van der Waals surface area contributed by atoms with Crippen LogP contribution in [-0.4, -0.2) is 19.9 Å². The number of anilines is 2. The number of fused-ring (bicyclic) bond motifs is 1. The van der Waals surface area contributed by atoms with E-state index in [1.807, 2.05) is 56.3 Å². The summed E-state index contributed by atoms with van der Waals surface area (Å²) in [5, 5.41) is 2.68. The fourth-order valence-electron chi connectivity index (χ4n) is 5.01. The van der Waals surface area contributed by atoms with Crippen LogP contribution in [0, 0.1) is 0 Å². The summed E-state index contributed by atoms with van der Waals surface area (Å²) in [5.41, 5.74) is 2.41. The second-order valence-corrected chi connectivity index (χ2v) is 11.0. The first-order chi connectivity index (χ1) is 15.1. The Labute approximate surface area is 190 Å². The minimum atomic E-state index is -3.84. The fourth-order valence-corrected chi connectivity index (χ4v) is 6.84. The molecule has 0 aromatic heterocycles. The van der Waals surface area contributed by atoms with Crippen molar-refractivity contribution in [2.45, 2.75) is 50.0 Å². The third-order valence-corrected chi connectivity index (χ3v) is 8.22. The number of hydrogen-bond donors (Lipinski definition) is 1. The van der Waals surface area contributed by atoms with E-state index < -0.39 is 15.6 Å². The maximum absolute atomic E-state index is 13.9. The van der Waals surface area contributed by atoms with Crippen molar-refractivity contribution in [3.63, 3.8) is 0 Å². The molecule has 6 heteroatoms. The highest BCUT2D eigenvalue weighted by atomic mass is 32.2. The smallest absolute Gasteiger partial charge is 0.264 e. The lowest BCUT2D eigenvalue weighted by molar-refractivity contribution is -0.114. The Morgan fingerprint density at radius 1 is 0.875 bits per heavy atom. The average molecular weight is 449 g/mol. The fraction of sp³-hybridized carbons (Fsp3) is 0.269. The average Bonchev–Trinajstić information content (AvgIpc) is 2.73. The summed E-state index contributed by atoms with van der Waals surface area (Å²) in [6.07, 6.45) is 0.629. The van der Waals surface area contributed by atoms with Gasteiger partial charge < -0.3 is 5.32 Å². The molecule has 3 aromatic carbocycles. The molecule has 32 heavy (non-hydrogen) atoms. The van der Waals surface area contributed by atoms with Crippen LogP contribution in [0.1, 0.15) is 45.2 Å². The normalized spacial score (nSPS) is 19.8. The third-order valence-electron chi connectivity index (χ3n) is 6.18. The highest BCUT2D eigenvalue weighted by Crippen LogP contribution is 2.51. The molecule has 1 amide bonds. The van der Waals surface area contributed by atoms with Gasteiger partial charge in [0, 0.05) is 18.0 Å². The minimum Gasteiger partial charge on any atom is -0.326 e. The van der Waals surface area contributed by atoms with E-state index in [-0.39, 0.29) is 16.2 Å². The van der Waals surface area contributed by atoms with Crippen LogP contribution in [0.5, 0.6) is 0 Å². The lowest BCUT2D eigenvalue weighted by Crippen LogP contribution is -2.55. The van der Waals surface area contributed by atoms with Gasteiger partial charge in [0.2, 0.25) is 5.91 Å². The monoisotopic (exact) mass is 448 g/mol. The highest BCUT2D eigenvalue weighted by Gasteiger charge is 2.49. The van der Waals surface area contributed by atoms with Crippen molar-refractivity contribution in [1.82, 2.24) is 0 Å². The largest absolute Gasteiger partial charge is 0.326 e. The molecule has 0 spiro atoms. The Bertz CT molecular complexity index is 1250. The molecule has 1 atom stereocenters. The summed E-state index contributed by atoms with van der Waals surface area (Å²) in [5.74, 6) is -0.202. The third kappa shape index (κ3) is 3.69. The molecule has 4 rings (SSSR count). The van der Waals surface area contributed by atoms with E-state index in [0.717, 1.165) is 11.1 Å². The zero-order valence-electron chi connectivity index (χ0n) is 18.8. The van der Waals surface area contributed by atoms with Gasteiger partial charge in [-0.3, -0.25) is 9.10 Å². The van der Waals surface area contributed by atoms with E-state index in [0.29, 0.717) is 17.8 Å². The number of hydrogen-bond acceptors (Lipinski definition) is 3. The molecule has 3 aromatic rings. The molecule has 1 unspecified atom stereocenters. The first-order valence-electron chi connectivity index (χ1n) is 10.6. The lowest BCUT2D eigenvalue weighted by atomic mass is 9.66. The van der Waals surface area contributed by atoms with Crippen LogP contribution in [0.3, 0.4) is 0 Å². The lowest BCUT2D eigenvalue weighted by Gasteiger charge is -2.51. The summed E-state index contributed by atoms with van der Waals surface area (Å²) in [7, 11) is -3.84. The Hall–Kier alpha value is -3.12. The van der Waals surface area contributed by atoms with Crippen LogP contribution in [0.15, 0.2) is 83.8 Å². The summed E-state index contributed by atoms with van der Waals surface area (Å²) >= 11 is 0. The van der Waals surface area contributed by atoms with Crippen molar-refractivity contribution in [1.29, 1.82) is 0 Å². The van der Waals surface area contributed by atoms with Gasteiger partial charge in [-0.25, -0.2) is 8.42 Å².